The summed E-state index contributed by atoms with van der Waals surface area (Å²) in [7, 11) is 4.25. The maximum absolute atomic E-state index is 13.8. The highest BCUT2D eigenvalue weighted by Crippen LogP contribution is 2.39. The van der Waals surface area contributed by atoms with Crippen LogP contribution in [0.2, 0.25) is 0 Å². The number of piperazine rings is 1. The van der Waals surface area contributed by atoms with Gasteiger partial charge in [-0.1, -0.05) is 25.5 Å². The molecule has 1 unspecified atom stereocenters. The van der Waals surface area contributed by atoms with Crippen LogP contribution in [-0.4, -0.2) is 83.4 Å². The average molecular weight is 575 g/mol. The number of rotatable bonds is 9. The quantitative estimate of drug-likeness (QED) is 0.382. The van der Waals surface area contributed by atoms with Crippen LogP contribution in [0.1, 0.15) is 70.8 Å². The van der Waals surface area contributed by atoms with Gasteiger partial charge >= 0.3 is 0 Å². The van der Waals surface area contributed by atoms with E-state index < -0.39 is 0 Å². The molecule has 2 aliphatic heterocycles. The number of phenolic OH excluding ortho intramolecular Hbond substituents is 1. The lowest BCUT2D eigenvalue weighted by molar-refractivity contribution is 0.109. The average Bonchev–Trinajstić information content (AvgIpc) is 2.95. The normalized spacial score (nSPS) is 22.1. The van der Waals surface area contributed by atoms with Crippen molar-refractivity contribution in [3.63, 3.8) is 0 Å². The molecular formula is C34H50N6O2. The second-order valence-corrected chi connectivity index (χ2v) is 13.0. The number of nitrogens with zero attached hydrogens (tertiary/aromatic N) is 5. The lowest BCUT2D eigenvalue weighted by atomic mass is 9.72. The molecule has 2 fully saturated rings. The van der Waals surface area contributed by atoms with E-state index in [-0.39, 0.29) is 17.0 Å². The highest BCUT2D eigenvalue weighted by molar-refractivity contribution is 5.82. The number of hydrogen-bond acceptors (Lipinski definition) is 7. The van der Waals surface area contributed by atoms with Crippen LogP contribution in [0.3, 0.4) is 0 Å². The van der Waals surface area contributed by atoms with Gasteiger partial charge in [0.25, 0.3) is 5.56 Å². The Morgan fingerprint density at radius 1 is 1.07 bits per heavy atom. The largest absolute Gasteiger partial charge is 0.508 e. The molecule has 5 rings (SSSR count). The van der Waals surface area contributed by atoms with Crippen molar-refractivity contribution in [2.75, 3.05) is 51.7 Å². The first-order valence-electron chi connectivity index (χ1n) is 15.9. The molecule has 0 aliphatic carbocycles. The van der Waals surface area contributed by atoms with E-state index in [1.165, 1.54) is 5.56 Å². The first-order chi connectivity index (χ1) is 20.1. The second-order valence-electron chi connectivity index (χ2n) is 13.0. The van der Waals surface area contributed by atoms with Gasteiger partial charge in [0.15, 0.2) is 0 Å². The molecule has 3 aromatic rings. The molecule has 0 radical (unpaired) electrons. The molecule has 2 saturated heterocycles. The number of hydrogen-bond donors (Lipinski definition) is 2. The van der Waals surface area contributed by atoms with Gasteiger partial charge in [-0.25, -0.2) is 4.98 Å². The second kappa shape index (κ2) is 12.7. The van der Waals surface area contributed by atoms with Crippen molar-refractivity contribution in [1.82, 2.24) is 24.7 Å². The fourth-order valence-corrected chi connectivity index (χ4v) is 7.53. The van der Waals surface area contributed by atoms with Crippen LogP contribution in [0.15, 0.2) is 47.3 Å². The number of likely N-dealkylation sites (N-methyl/N-ethyl adjacent to an activating group) is 1. The van der Waals surface area contributed by atoms with E-state index in [1.54, 1.807) is 6.07 Å². The van der Waals surface area contributed by atoms with Gasteiger partial charge in [-0.2, -0.15) is 0 Å². The van der Waals surface area contributed by atoms with Crippen LogP contribution < -0.4 is 15.8 Å². The summed E-state index contributed by atoms with van der Waals surface area (Å²) < 4.78 is 1.91. The summed E-state index contributed by atoms with van der Waals surface area (Å²) in [6, 6.07) is 14.9. The van der Waals surface area contributed by atoms with Crippen molar-refractivity contribution in [3.05, 3.63) is 64.2 Å². The van der Waals surface area contributed by atoms with Crippen LogP contribution in [0.4, 0.5) is 5.69 Å². The molecule has 0 spiro atoms. The molecule has 3 heterocycles. The van der Waals surface area contributed by atoms with Gasteiger partial charge < -0.3 is 20.2 Å². The van der Waals surface area contributed by atoms with E-state index in [2.05, 4.69) is 80.0 Å². The van der Waals surface area contributed by atoms with Crippen molar-refractivity contribution < 1.29 is 5.11 Å². The maximum Gasteiger partial charge on any atom is 0.261 e. The Hall–Kier alpha value is -2.94. The maximum atomic E-state index is 13.8. The number of anilines is 1. The van der Waals surface area contributed by atoms with Crippen molar-refractivity contribution in [2.45, 2.75) is 83.5 Å². The third-order valence-electron chi connectivity index (χ3n) is 9.33. The number of nitrogens with one attached hydrogen (secondary N) is 1. The SMILES string of the molecule is CCCC(c1nc2cc(N3CCC(CN(C)C)(c4cccc(O)c4)CC3)ccc2c(=O)n1CC)N1C[C@@H](C)N[C@@H](C)C1. The van der Waals surface area contributed by atoms with E-state index in [4.69, 9.17) is 4.98 Å². The van der Waals surface area contributed by atoms with Gasteiger partial charge in [-0.3, -0.25) is 14.3 Å². The fraction of sp³-hybridized carbons (Fsp3) is 0.588. The first-order valence-corrected chi connectivity index (χ1v) is 15.9. The molecule has 0 saturated carbocycles. The van der Waals surface area contributed by atoms with E-state index in [9.17, 15) is 9.90 Å². The van der Waals surface area contributed by atoms with Gasteiger partial charge in [-0.05, 0) is 90.0 Å². The van der Waals surface area contributed by atoms with Crippen LogP contribution in [0.5, 0.6) is 5.75 Å². The minimum Gasteiger partial charge on any atom is -0.508 e. The summed E-state index contributed by atoms with van der Waals surface area (Å²) >= 11 is 0. The zero-order chi connectivity index (χ0) is 30.0. The lowest BCUT2D eigenvalue weighted by Crippen LogP contribution is -2.55. The van der Waals surface area contributed by atoms with E-state index in [0.717, 1.165) is 75.4 Å². The standard InChI is InChI=1S/C34H50N6O2/c1-7-10-31(39-21-24(3)35-25(4)22-39)32-36-30-20-27(13-14-29(30)33(42)40(32)8-2)38-17-15-34(16-18-38,23-37(5)6)26-11-9-12-28(41)19-26/h9,11-14,19-20,24-25,31,35,41H,7-8,10,15-18,21-23H2,1-6H3/t24-,25+,31?. The summed E-state index contributed by atoms with van der Waals surface area (Å²) in [5.74, 6) is 1.23. The van der Waals surface area contributed by atoms with Gasteiger partial charge in [0.1, 0.15) is 11.6 Å². The summed E-state index contributed by atoms with van der Waals surface area (Å²) in [5.41, 5.74) is 3.18. The Morgan fingerprint density at radius 2 is 1.79 bits per heavy atom. The molecule has 1 aromatic heterocycles. The monoisotopic (exact) mass is 574 g/mol. The molecule has 0 amide bonds. The molecule has 8 heteroatoms. The molecular weight excluding hydrogens is 524 g/mol. The van der Waals surface area contributed by atoms with Crippen molar-refractivity contribution in [1.29, 1.82) is 0 Å². The number of aromatic nitrogens is 2. The first kappa shape index (κ1) is 30.5. The molecule has 42 heavy (non-hydrogen) atoms. The van der Waals surface area contributed by atoms with Crippen LogP contribution >= 0.6 is 0 Å². The van der Waals surface area contributed by atoms with E-state index in [0.29, 0.717) is 29.8 Å². The molecule has 2 aromatic carbocycles. The number of aromatic hydroxyl groups is 1. The smallest absolute Gasteiger partial charge is 0.261 e. The summed E-state index contributed by atoms with van der Waals surface area (Å²) in [6.45, 7) is 14.0. The summed E-state index contributed by atoms with van der Waals surface area (Å²) in [4.78, 5) is 26.3. The van der Waals surface area contributed by atoms with E-state index in [1.807, 2.05) is 22.8 Å². The Labute approximate surface area is 251 Å². The topological polar surface area (TPSA) is 76.9 Å². The highest BCUT2D eigenvalue weighted by Gasteiger charge is 2.37. The Morgan fingerprint density at radius 3 is 2.40 bits per heavy atom. The fourth-order valence-electron chi connectivity index (χ4n) is 7.53. The van der Waals surface area contributed by atoms with Gasteiger partial charge in [0, 0.05) is 62.5 Å². The predicted octanol–water partition coefficient (Wildman–Crippen LogP) is 4.75. The van der Waals surface area contributed by atoms with Crippen molar-refractivity contribution in [3.8, 4) is 5.75 Å². The number of benzene rings is 2. The minimum atomic E-state index is -0.0131. The molecule has 2 N–H and O–H groups in total. The number of fused-ring (bicyclic) bond motifs is 1. The molecule has 2 aliphatic rings. The van der Waals surface area contributed by atoms with Crippen molar-refractivity contribution in [2.24, 2.45) is 0 Å². The van der Waals surface area contributed by atoms with Gasteiger partial charge in [0.2, 0.25) is 0 Å². The molecule has 0 bridgehead atoms. The summed E-state index contributed by atoms with van der Waals surface area (Å²) in [5, 5.41) is 14.6. The lowest BCUT2D eigenvalue weighted by Gasteiger charge is -2.44. The summed E-state index contributed by atoms with van der Waals surface area (Å²) in [6.07, 6.45) is 3.99. The Bertz CT molecular complexity index is 1420. The van der Waals surface area contributed by atoms with Crippen LogP contribution in [0, 0.1) is 0 Å². The van der Waals surface area contributed by atoms with E-state index >= 15 is 0 Å². The van der Waals surface area contributed by atoms with Crippen LogP contribution in [0.25, 0.3) is 10.9 Å². The third kappa shape index (κ3) is 6.21. The van der Waals surface area contributed by atoms with Crippen LogP contribution in [-0.2, 0) is 12.0 Å². The van der Waals surface area contributed by atoms with Crippen molar-refractivity contribution >= 4 is 16.6 Å². The Kier molecular flexibility index (Phi) is 9.26. The molecule has 228 valence electrons. The number of phenols is 1. The third-order valence-corrected chi connectivity index (χ3v) is 9.33. The predicted molar refractivity (Wildman–Crippen MR) is 173 cm³/mol. The minimum absolute atomic E-state index is 0.0131. The number of piperidine rings is 1. The highest BCUT2D eigenvalue weighted by atomic mass is 16.3. The molecule has 8 nitrogen and oxygen atoms in total. The zero-order valence-corrected chi connectivity index (χ0v) is 26.4. The van der Waals surface area contributed by atoms with Gasteiger partial charge in [0.05, 0.1) is 16.9 Å². The zero-order valence-electron chi connectivity index (χ0n) is 26.4. The van der Waals surface area contributed by atoms with Gasteiger partial charge in [-0.15, -0.1) is 0 Å². The molecule has 3 atom stereocenters. The Balaban J connectivity index is 1.47.